The lowest BCUT2D eigenvalue weighted by molar-refractivity contribution is 1.18. The summed E-state index contributed by atoms with van der Waals surface area (Å²) in [7, 11) is 0. The minimum absolute atomic E-state index is 1.05. The molecule has 2 heterocycles. The molecule has 0 aliphatic heterocycles. The molecule has 0 amide bonds. The maximum absolute atomic E-state index is 3.92. The number of aromatic nitrogens is 2. The third-order valence-corrected chi connectivity index (χ3v) is 12.8. The molecule has 2 nitrogen and oxygen atoms in total. The average Bonchev–Trinajstić information content (AvgIpc) is 3.83. The zero-order valence-corrected chi connectivity index (χ0v) is 34.7. The van der Waals surface area contributed by atoms with E-state index in [2.05, 4.69) is 250 Å². The summed E-state index contributed by atoms with van der Waals surface area (Å²) in [6.45, 7) is 0. The molecule has 286 valence electrons. The maximum atomic E-state index is 3.92. The van der Waals surface area contributed by atoms with Crippen molar-refractivity contribution in [2.24, 2.45) is 0 Å². The second kappa shape index (κ2) is 14.4. The molecule has 12 aromatic rings. The molecule has 3 heteroatoms. The van der Waals surface area contributed by atoms with Crippen molar-refractivity contribution in [3.8, 4) is 55.9 Å². The zero-order valence-electron chi connectivity index (χ0n) is 33.1. The van der Waals surface area contributed by atoms with Crippen LogP contribution in [0.1, 0.15) is 0 Å². The topological polar surface area (TPSA) is 9.86 Å². The highest BCUT2D eigenvalue weighted by atomic mass is 79.9. The SMILES string of the molecule is Brc1cc(-c2ccc3c(c2)c2ccccc2n3-c2ccc3ccccc3c2)cc(-c2ccc3c(c2)c2ccccc2n3-c2ccc(-c3ccccc3)cc2-c2ccccc2)c1. The van der Waals surface area contributed by atoms with Crippen molar-refractivity contribution >= 4 is 70.3 Å². The lowest BCUT2D eigenvalue weighted by Gasteiger charge is -2.16. The number of benzene rings is 10. The van der Waals surface area contributed by atoms with E-state index in [0.29, 0.717) is 0 Å². The first-order valence-electron chi connectivity index (χ1n) is 20.8. The molecule has 0 saturated carbocycles. The highest BCUT2D eigenvalue weighted by molar-refractivity contribution is 9.10. The van der Waals surface area contributed by atoms with Gasteiger partial charge < -0.3 is 9.13 Å². The second-order valence-corrected chi connectivity index (χ2v) is 16.8. The maximum Gasteiger partial charge on any atom is 0.0541 e. The average molecular weight is 842 g/mol. The first-order valence-corrected chi connectivity index (χ1v) is 21.6. The molecule has 0 aliphatic rings. The van der Waals surface area contributed by atoms with Gasteiger partial charge in [-0.1, -0.05) is 162 Å². The Bertz CT molecular complexity index is 3650. The molecule has 0 N–H and O–H groups in total. The lowest BCUT2D eigenvalue weighted by atomic mass is 9.96. The molecular weight excluding hydrogens is 805 g/mol. The van der Waals surface area contributed by atoms with Gasteiger partial charge in [0.2, 0.25) is 0 Å². The Morgan fingerprint density at radius 3 is 1.46 bits per heavy atom. The van der Waals surface area contributed by atoms with E-state index in [-0.39, 0.29) is 0 Å². The molecule has 61 heavy (non-hydrogen) atoms. The first-order chi connectivity index (χ1) is 30.1. The molecular formula is C58H37BrN2. The molecule has 2 aromatic heterocycles. The molecule has 0 unspecified atom stereocenters. The Morgan fingerprint density at radius 1 is 0.279 bits per heavy atom. The van der Waals surface area contributed by atoms with Crippen LogP contribution in [0.15, 0.2) is 229 Å². The number of fused-ring (bicyclic) bond motifs is 7. The monoisotopic (exact) mass is 840 g/mol. The van der Waals surface area contributed by atoms with Gasteiger partial charge in [-0.3, -0.25) is 0 Å². The Hall–Kier alpha value is -7.46. The van der Waals surface area contributed by atoms with E-state index in [1.807, 2.05) is 0 Å². The minimum Gasteiger partial charge on any atom is -0.309 e. The van der Waals surface area contributed by atoms with Crippen LogP contribution < -0.4 is 0 Å². The summed E-state index contributed by atoms with van der Waals surface area (Å²) < 4.78 is 5.90. The zero-order chi connectivity index (χ0) is 40.4. The van der Waals surface area contributed by atoms with Crippen molar-refractivity contribution in [3.63, 3.8) is 0 Å². The molecule has 10 aromatic carbocycles. The smallest absolute Gasteiger partial charge is 0.0541 e. The van der Waals surface area contributed by atoms with E-state index in [1.165, 1.54) is 105 Å². The lowest BCUT2D eigenvalue weighted by Crippen LogP contribution is -1.98. The Morgan fingerprint density at radius 2 is 0.787 bits per heavy atom. The molecule has 0 spiro atoms. The summed E-state index contributed by atoms with van der Waals surface area (Å²) in [5.74, 6) is 0. The van der Waals surface area contributed by atoms with Crippen molar-refractivity contribution in [2.75, 3.05) is 0 Å². The summed E-state index contributed by atoms with van der Waals surface area (Å²) in [6, 6.07) is 81.9. The molecule has 0 aliphatic carbocycles. The van der Waals surface area contributed by atoms with Gasteiger partial charge in [0.15, 0.2) is 0 Å². The van der Waals surface area contributed by atoms with E-state index < -0.39 is 0 Å². The fourth-order valence-corrected chi connectivity index (χ4v) is 9.96. The highest BCUT2D eigenvalue weighted by Crippen LogP contribution is 2.41. The van der Waals surface area contributed by atoms with Gasteiger partial charge in [0.25, 0.3) is 0 Å². The van der Waals surface area contributed by atoms with Crippen molar-refractivity contribution in [2.45, 2.75) is 0 Å². The number of rotatable bonds is 6. The predicted octanol–water partition coefficient (Wildman–Crippen LogP) is 16.5. The van der Waals surface area contributed by atoms with E-state index in [0.717, 1.165) is 10.2 Å². The molecule has 0 atom stereocenters. The fraction of sp³-hybridized carbons (Fsp3) is 0. The van der Waals surface area contributed by atoms with Crippen molar-refractivity contribution in [3.05, 3.63) is 229 Å². The number of hydrogen-bond donors (Lipinski definition) is 0. The van der Waals surface area contributed by atoms with Gasteiger partial charge in [0, 0.05) is 37.3 Å². The van der Waals surface area contributed by atoms with Crippen LogP contribution in [0.2, 0.25) is 0 Å². The number of halogens is 1. The van der Waals surface area contributed by atoms with Gasteiger partial charge in [0.05, 0.1) is 27.8 Å². The predicted molar refractivity (Wildman–Crippen MR) is 262 cm³/mol. The minimum atomic E-state index is 1.05. The summed E-state index contributed by atoms with van der Waals surface area (Å²) in [5, 5.41) is 7.42. The quantitative estimate of drug-likeness (QED) is 0.158. The summed E-state index contributed by atoms with van der Waals surface area (Å²) >= 11 is 3.92. The van der Waals surface area contributed by atoms with E-state index in [9.17, 15) is 0 Å². The molecule has 0 fully saturated rings. The van der Waals surface area contributed by atoms with Gasteiger partial charge in [-0.25, -0.2) is 0 Å². The van der Waals surface area contributed by atoms with Crippen LogP contribution in [-0.2, 0) is 0 Å². The van der Waals surface area contributed by atoms with Crippen LogP contribution in [0, 0.1) is 0 Å². The molecule has 0 radical (unpaired) electrons. The van der Waals surface area contributed by atoms with Crippen molar-refractivity contribution in [1.29, 1.82) is 0 Å². The van der Waals surface area contributed by atoms with Crippen LogP contribution in [0.3, 0.4) is 0 Å². The molecule has 0 saturated heterocycles. The van der Waals surface area contributed by atoms with Gasteiger partial charge >= 0.3 is 0 Å². The number of para-hydroxylation sites is 2. The Labute approximate surface area is 362 Å². The van der Waals surface area contributed by atoms with Gasteiger partial charge in [-0.05, 0) is 129 Å². The van der Waals surface area contributed by atoms with Crippen LogP contribution in [0.25, 0.3) is 110 Å². The molecule has 12 rings (SSSR count). The second-order valence-electron chi connectivity index (χ2n) is 15.9. The van der Waals surface area contributed by atoms with Gasteiger partial charge in [-0.15, -0.1) is 0 Å². The van der Waals surface area contributed by atoms with Gasteiger partial charge in [-0.2, -0.15) is 0 Å². The van der Waals surface area contributed by atoms with Crippen molar-refractivity contribution in [1.82, 2.24) is 9.13 Å². The number of nitrogens with zero attached hydrogens (tertiary/aromatic N) is 2. The van der Waals surface area contributed by atoms with Crippen LogP contribution in [0.4, 0.5) is 0 Å². The van der Waals surface area contributed by atoms with Crippen LogP contribution >= 0.6 is 15.9 Å². The van der Waals surface area contributed by atoms with E-state index in [1.54, 1.807) is 0 Å². The number of hydrogen-bond acceptors (Lipinski definition) is 0. The van der Waals surface area contributed by atoms with Crippen LogP contribution in [0.5, 0.6) is 0 Å². The summed E-state index contributed by atoms with van der Waals surface area (Å²) in [4.78, 5) is 0. The third kappa shape index (κ3) is 6.00. The van der Waals surface area contributed by atoms with Gasteiger partial charge in [0.1, 0.15) is 0 Å². The van der Waals surface area contributed by atoms with E-state index in [4.69, 9.17) is 0 Å². The third-order valence-electron chi connectivity index (χ3n) is 12.3. The first kappa shape index (κ1) is 35.5. The van der Waals surface area contributed by atoms with Crippen molar-refractivity contribution < 1.29 is 0 Å². The largest absolute Gasteiger partial charge is 0.309 e. The van der Waals surface area contributed by atoms with Crippen LogP contribution in [-0.4, -0.2) is 9.13 Å². The highest BCUT2D eigenvalue weighted by Gasteiger charge is 2.19. The van der Waals surface area contributed by atoms with E-state index >= 15 is 0 Å². The molecule has 0 bridgehead atoms. The Kier molecular flexibility index (Phi) is 8.36. The fourth-order valence-electron chi connectivity index (χ4n) is 9.47. The standard InChI is InChI=1S/C58H37BrN2/c59-47-32-45(43-25-29-57-52(36-43)49-19-9-11-21-54(49)60(57)48-27-23-39-15-7-8-18-41(39)34-48)31-46(33-47)44-26-30-58-53(37-44)50-20-10-12-22-55(50)61(58)56-28-24-42(38-13-3-1-4-14-38)35-51(56)40-16-5-2-6-17-40/h1-37H. The summed E-state index contributed by atoms with van der Waals surface area (Å²) in [6.07, 6.45) is 0. The summed E-state index contributed by atoms with van der Waals surface area (Å²) in [5.41, 5.74) is 16.6. The normalized spacial score (nSPS) is 11.7. The Balaban J connectivity index is 0.986.